The van der Waals surface area contributed by atoms with Gasteiger partial charge >= 0.3 is 0 Å². The summed E-state index contributed by atoms with van der Waals surface area (Å²) in [6.45, 7) is 3.08. The number of benzene rings is 1. The molecule has 1 aliphatic heterocycles. The second-order valence-electron chi connectivity index (χ2n) is 9.45. The Hall–Kier alpha value is -2.89. The van der Waals surface area contributed by atoms with Crippen molar-refractivity contribution < 1.29 is 9.59 Å². The normalized spacial score (nSPS) is 20.6. The third-order valence-electron chi connectivity index (χ3n) is 7.31. The Morgan fingerprint density at radius 1 is 0.906 bits per heavy atom. The van der Waals surface area contributed by atoms with Gasteiger partial charge in [-0.3, -0.25) is 9.59 Å². The first-order valence-corrected chi connectivity index (χ1v) is 12.0. The molecule has 2 amide bonds. The lowest BCUT2D eigenvalue weighted by Crippen LogP contribution is -2.55. The fraction of sp³-hybridized carbons (Fsp3) is 0.500. The minimum absolute atomic E-state index is 0.118. The van der Waals surface area contributed by atoms with Crippen LogP contribution < -0.4 is 10.2 Å². The van der Waals surface area contributed by atoms with E-state index in [1.807, 2.05) is 36.5 Å². The van der Waals surface area contributed by atoms with E-state index in [2.05, 4.69) is 32.2 Å². The van der Waals surface area contributed by atoms with Crippen LogP contribution >= 0.6 is 0 Å². The van der Waals surface area contributed by atoms with Gasteiger partial charge in [-0.1, -0.05) is 37.5 Å². The summed E-state index contributed by atoms with van der Waals surface area (Å²) in [5, 5.41) is 3.01. The zero-order valence-electron chi connectivity index (χ0n) is 18.6. The maximum Gasteiger partial charge on any atom is 0.233 e. The molecular weight excluding hydrogens is 400 g/mol. The third-order valence-corrected chi connectivity index (χ3v) is 7.31. The summed E-state index contributed by atoms with van der Waals surface area (Å²) in [5.41, 5.74) is 1.48. The van der Waals surface area contributed by atoms with Crippen LogP contribution in [0.3, 0.4) is 0 Å². The maximum atomic E-state index is 13.9. The van der Waals surface area contributed by atoms with E-state index >= 15 is 0 Å². The summed E-state index contributed by atoms with van der Waals surface area (Å²) in [5.74, 6) is 1.56. The SMILES string of the molecule is O=C(Nc1ccc(C2(C(=O)N3CCN(c4ccccn4)CC3)CCCCC2)cc1)C1CC1. The van der Waals surface area contributed by atoms with Gasteiger partial charge in [0.05, 0.1) is 5.41 Å². The highest BCUT2D eigenvalue weighted by Gasteiger charge is 2.44. The molecule has 1 aromatic carbocycles. The number of rotatable bonds is 5. The lowest BCUT2D eigenvalue weighted by atomic mass is 9.68. The molecule has 3 fully saturated rings. The molecule has 6 nitrogen and oxygen atoms in total. The molecule has 0 unspecified atom stereocenters. The second kappa shape index (κ2) is 8.93. The number of amides is 2. The van der Waals surface area contributed by atoms with Crippen molar-refractivity contribution in [2.75, 3.05) is 36.4 Å². The van der Waals surface area contributed by atoms with Gasteiger partial charge in [0, 0.05) is 44.0 Å². The van der Waals surface area contributed by atoms with Crippen molar-refractivity contribution in [3.05, 3.63) is 54.2 Å². The van der Waals surface area contributed by atoms with Crippen molar-refractivity contribution in [1.82, 2.24) is 9.88 Å². The molecule has 2 aliphatic carbocycles. The second-order valence-corrected chi connectivity index (χ2v) is 9.45. The van der Waals surface area contributed by atoms with Gasteiger partial charge in [-0.25, -0.2) is 4.98 Å². The predicted molar refractivity (Wildman–Crippen MR) is 126 cm³/mol. The minimum atomic E-state index is -0.440. The topological polar surface area (TPSA) is 65.5 Å². The minimum Gasteiger partial charge on any atom is -0.353 e. The third kappa shape index (κ3) is 4.23. The van der Waals surface area contributed by atoms with E-state index in [9.17, 15) is 9.59 Å². The summed E-state index contributed by atoms with van der Waals surface area (Å²) in [6, 6.07) is 14.0. The monoisotopic (exact) mass is 432 g/mol. The number of hydrogen-bond acceptors (Lipinski definition) is 4. The predicted octanol–water partition coefficient (Wildman–Crippen LogP) is 3.98. The molecule has 1 N–H and O–H groups in total. The highest BCUT2D eigenvalue weighted by atomic mass is 16.2. The van der Waals surface area contributed by atoms with Crippen LogP contribution in [-0.4, -0.2) is 47.9 Å². The fourth-order valence-electron chi connectivity index (χ4n) is 5.23. The molecule has 0 radical (unpaired) electrons. The van der Waals surface area contributed by atoms with Crippen molar-refractivity contribution >= 4 is 23.3 Å². The number of anilines is 2. The summed E-state index contributed by atoms with van der Waals surface area (Å²) in [6.07, 6.45) is 8.97. The molecule has 3 aliphatic rings. The molecule has 5 rings (SSSR count). The van der Waals surface area contributed by atoms with Gasteiger partial charge in [0.2, 0.25) is 11.8 Å². The summed E-state index contributed by atoms with van der Waals surface area (Å²) >= 11 is 0. The number of carbonyl (C=O) groups excluding carboxylic acids is 2. The number of nitrogens with zero attached hydrogens (tertiary/aromatic N) is 3. The summed E-state index contributed by atoms with van der Waals surface area (Å²) in [4.78, 5) is 34.8. The Kier molecular flexibility index (Phi) is 5.85. The van der Waals surface area contributed by atoms with Gasteiger partial charge < -0.3 is 15.1 Å². The van der Waals surface area contributed by atoms with Gasteiger partial charge in [0.1, 0.15) is 5.82 Å². The van der Waals surface area contributed by atoms with E-state index < -0.39 is 5.41 Å². The summed E-state index contributed by atoms with van der Waals surface area (Å²) in [7, 11) is 0. The fourth-order valence-corrected chi connectivity index (χ4v) is 5.23. The largest absolute Gasteiger partial charge is 0.353 e. The van der Waals surface area contributed by atoms with Crippen LogP contribution in [-0.2, 0) is 15.0 Å². The molecule has 1 saturated heterocycles. The van der Waals surface area contributed by atoms with E-state index in [4.69, 9.17) is 0 Å². The van der Waals surface area contributed by atoms with E-state index in [1.54, 1.807) is 0 Å². The quantitative estimate of drug-likeness (QED) is 0.776. The molecule has 32 heavy (non-hydrogen) atoms. The number of aromatic nitrogens is 1. The zero-order chi connectivity index (χ0) is 22.0. The van der Waals surface area contributed by atoms with Crippen molar-refractivity contribution in [1.29, 1.82) is 0 Å². The van der Waals surface area contributed by atoms with Gasteiger partial charge in [-0.05, 0) is 55.5 Å². The van der Waals surface area contributed by atoms with E-state index in [0.717, 1.165) is 81.8 Å². The van der Waals surface area contributed by atoms with Crippen molar-refractivity contribution in [2.24, 2.45) is 5.92 Å². The molecule has 168 valence electrons. The molecule has 2 aromatic rings. The first-order chi connectivity index (χ1) is 15.7. The van der Waals surface area contributed by atoms with Crippen LogP contribution in [0.2, 0.25) is 0 Å². The van der Waals surface area contributed by atoms with Crippen LogP contribution in [0.5, 0.6) is 0 Å². The van der Waals surface area contributed by atoms with E-state index in [-0.39, 0.29) is 17.7 Å². The lowest BCUT2D eigenvalue weighted by Gasteiger charge is -2.43. The van der Waals surface area contributed by atoms with E-state index in [1.165, 1.54) is 6.42 Å². The zero-order valence-corrected chi connectivity index (χ0v) is 18.6. The Balaban J connectivity index is 1.30. The highest BCUT2D eigenvalue weighted by molar-refractivity contribution is 5.94. The number of carbonyl (C=O) groups is 2. The molecule has 6 heteroatoms. The number of pyridine rings is 1. The number of hydrogen-bond donors (Lipinski definition) is 1. The van der Waals surface area contributed by atoms with Crippen LogP contribution in [0.25, 0.3) is 0 Å². The molecule has 0 spiro atoms. The number of piperazine rings is 1. The average Bonchev–Trinajstić information content (AvgIpc) is 3.71. The molecule has 2 saturated carbocycles. The highest BCUT2D eigenvalue weighted by Crippen LogP contribution is 2.42. The Morgan fingerprint density at radius 3 is 2.25 bits per heavy atom. The first-order valence-electron chi connectivity index (χ1n) is 12.0. The first kappa shape index (κ1) is 21.0. The van der Waals surface area contributed by atoms with Crippen LogP contribution in [0.15, 0.2) is 48.7 Å². The van der Waals surface area contributed by atoms with Crippen LogP contribution in [0.1, 0.15) is 50.5 Å². The Morgan fingerprint density at radius 2 is 1.62 bits per heavy atom. The molecule has 1 aromatic heterocycles. The van der Waals surface area contributed by atoms with Gasteiger partial charge in [-0.2, -0.15) is 0 Å². The van der Waals surface area contributed by atoms with Crippen molar-refractivity contribution in [3.8, 4) is 0 Å². The van der Waals surface area contributed by atoms with Gasteiger partial charge in [0.25, 0.3) is 0 Å². The number of nitrogens with one attached hydrogen (secondary N) is 1. The van der Waals surface area contributed by atoms with Crippen molar-refractivity contribution in [2.45, 2.75) is 50.4 Å². The van der Waals surface area contributed by atoms with Crippen LogP contribution in [0.4, 0.5) is 11.5 Å². The van der Waals surface area contributed by atoms with Crippen LogP contribution in [0, 0.1) is 5.92 Å². The lowest BCUT2D eigenvalue weighted by molar-refractivity contribution is -0.139. The maximum absolute atomic E-state index is 13.9. The smallest absolute Gasteiger partial charge is 0.233 e. The summed E-state index contributed by atoms with van der Waals surface area (Å²) < 4.78 is 0. The molecule has 0 atom stereocenters. The standard InChI is InChI=1S/C26H32N4O2/c31-24(20-7-8-20)28-22-11-9-21(10-12-22)26(13-3-1-4-14-26)25(32)30-18-16-29(17-19-30)23-6-2-5-15-27-23/h2,5-6,9-12,15,20H,1,3-4,7-8,13-14,16-19H2,(H,28,31). The average molecular weight is 433 g/mol. The van der Waals surface area contributed by atoms with Crippen molar-refractivity contribution in [3.63, 3.8) is 0 Å². The molecule has 0 bridgehead atoms. The van der Waals surface area contributed by atoms with Gasteiger partial charge in [-0.15, -0.1) is 0 Å². The molecular formula is C26H32N4O2. The van der Waals surface area contributed by atoms with E-state index in [0.29, 0.717) is 0 Å². The molecule has 2 heterocycles. The Bertz CT molecular complexity index is 942. The Labute approximate surface area is 190 Å². The van der Waals surface area contributed by atoms with Gasteiger partial charge in [0.15, 0.2) is 0 Å².